The summed E-state index contributed by atoms with van der Waals surface area (Å²) in [6, 6.07) is 2.48. The zero-order chi connectivity index (χ0) is 12.1. The van der Waals surface area contributed by atoms with Crippen LogP contribution in [-0.4, -0.2) is 35.6 Å². The van der Waals surface area contributed by atoms with E-state index in [2.05, 4.69) is 22.1 Å². The van der Waals surface area contributed by atoms with Crippen molar-refractivity contribution in [2.24, 2.45) is 0 Å². The topological polar surface area (TPSA) is 54.2 Å². The number of hydrogen-bond donors (Lipinski definition) is 2. The Kier molecular flexibility index (Phi) is 4.34. The second kappa shape index (κ2) is 5.98. The average Bonchev–Trinajstić information content (AvgIpc) is 2.38. The van der Waals surface area contributed by atoms with Gasteiger partial charge in [-0.2, -0.15) is 0 Å². The number of nitrogens with one attached hydrogen (secondary N) is 1. The van der Waals surface area contributed by atoms with Gasteiger partial charge in [0.15, 0.2) is 0 Å². The minimum absolute atomic E-state index is 0.623. The molecule has 2 heterocycles. The Hall–Kier alpha value is -1.13. The Bertz CT molecular complexity index is 345. The fraction of sp³-hybridized carbons (Fsp3) is 0.615. The third-order valence-electron chi connectivity index (χ3n) is 3.56. The van der Waals surface area contributed by atoms with E-state index in [-0.39, 0.29) is 0 Å². The molecule has 1 aliphatic heterocycles. The fourth-order valence-electron chi connectivity index (χ4n) is 2.29. The Morgan fingerprint density at radius 3 is 2.88 bits per heavy atom. The molecule has 0 amide bonds. The highest BCUT2D eigenvalue weighted by atomic mass is 15.1. The second-order valence-corrected chi connectivity index (χ2v) is 4.66. The van der Waals surface area contributed by atoms with Crippen LogP contribution in [0.25, 0.3) is 0 Å². The van der Waals surface area contributed by atoms with E-state index in [9.17, 15) is 0 Å². The summed E-state index contributed by atoms with van der Waals surface area (Å²) < 4.78 is 0. The number of nitrogens with zero attached hydrogens (tertiary/aromatic N) is 2. The van der Waals surface area contributed by atoms with Gasteiger partial charge in [-0.3, -0.25) is 4.98 Å². The van der Waals surface area contributed by atoms with Crippen molar-refractivity contribution in [2.75, 3.05) is 25.4 Å². The Balaban J connectivity index is 1.78. The van der Waals surface area contributed by atoms with Crippen molar-refractivity contribution in [3.63, 3.8) is 0 Å². The molecular formula is C13H22N4. The summed E-state index contributed by atoms with van der Waals surface area (Å²) in [7, 11) is 0. The fourth-order valence-corrected chi connectivity index (χ4v) is 2.29. The van der Waals surface area contributed by atoms with E-state index in [4.69, 9.17) is 5.73 Å². The first kappa shape index (κ1) is 12.3. The highest BCUT2D eigenvalue weighted by Gasteiger charge is 2.17. The maximum absolute atomic E-state index is 5.89. The molecule has 0 radical (unpaired) electrons. The van der Waals surface area contributed by atoms with Gasteiger partial charge in [0.25, 0.3) is 0 Å². The molecule has 0 bridgehead atoms. The predicted molar refractivity (Wildman–Crippen MR) is 70.6 cm³/mol. The summed E-state index contributed by atoms with van der Waals surface area (Å²) in [6.07, 6.45) is 6.05. The number of nitrogen functional groups attached to an aromatic ring is 1. The minimum atomic E-state index is 0.623. The van der Waals surface area contributed by atoms with Crippen molar-refractivity contribution < 1.29 is 0 Å². The van der Waals surface area contributed by atoms with Gasteiger partial charge in [0.1, 0.15) is 0 Å². The van der Waals surface area contributed by atoms with E-state index in [1.807, 2.05) is 12.3 Å². The van der Waals surface area contributed by atoms with E-state index in [0.717, 1.165) is 17.8 Å². The van der Waals surface area contributed by atoms with Gasteiger partial charge in [0, 0.05) is 36.2 Å². The van der Waals surface area contributed by atoms with Gasteiger partial charge in [-0.25, -0.2) is 0 Å². The predicted octanol–water partition coefficient (Wildman–Crippen LogP) is 1.24. The molecule has 0 saturated carbocycles. The highest BCUT2D eigenvalue weighted by molar-refractivity contribution is 5.44. The monoisotopic (exact) mass is 234 g/mol. The van der Waals surface area contributed by atoms with Gasteiger partial charge >= 0.3 is 0 Å². The molecule has 0 atom stereocenters. The molecule has 1 aromatic rings. The van der Waals surface area contributed by atoms with Crippen LogP contribution in [0, 0.1) is 0 Å². The number of anilines is 1. The minimum Gasteiger partial charge on any atom is -0.398 e. The van der Waals surface area contributed by atoms with E-state index in [1.165, 1.54) is 32.5 Å². The lowest BCUT2D eigenvalue weighted by Crippen LogP contribution is -2.42. The van der Waals surface area contributed by atoms with Gasteiger partial charge in [0.05, 0.1) is 0 Å². The van der Waals surface area contributed by atoms with Crippen molar-refractivity contribution in [3.05, 3.63) is 24.0 Å². The molecule has 0 unspecified atom stereocenters. The molecule has 3 N–H and O–H groups in total. The lowest BCUT2D eigenvalue weighted by atomic mass is 10.0. The smallest absolute Gasteiger partial charge is 0.0390 e. The summed E-state index contributed by atoms with van der Waals surface area (Å²) >= 11 is 0. The number of pyridine rings is 1. The average molecular weight is 234 g/mol. The molecule has 1 fully saturated rings. The van der Waals surface area contributed by atoms with Crippen LogP contribution >= 0.6 is 0 Å². The maximum Gasteiger partial charge on any atom is 0.0390 e. The molecular weight excluding hydrogens is 212 g/mol. The summed E-state index contributed by atoms with van der Waals surface area (Å²) in [4.78, 5) is 6.60. The number of piperidine rings is 1. The van der Waals surface area contributed by atoms with Crippen LogP contribution < -0.4 is 11.1 Å². The third kappa shape index (κ3) is 3.41. The van der Waals surface area contributed by atoms with Crippen molar-refractivity contribution in [1.29, 1.82) is 0 Å². The number of likely N-dealkylation sites (tertiary alicyclic amines) is 1. The third-order valence-corrected chi connectivity index (χ3v) is 3.56. The Morgan fingerprint density at radius 2 is 2.24 bits per heavy atom. The van der Waals surface area contributed by atoms with E-state index < -0.39 is 0 Å². The highest BCUT2D eigenvalue weighted by Crippen LogP contribution is 2.12. The normalized spacial score (nSPS) is 18.4. The van der Waals surface area contributed by atoms with Crippen LogP contribution in [0.2, 0.25) is 0 Å². The van der Waals surface area contributed by atoms with E-state index >= 15 is 0 Å². The number of aromatic nitrogens is 1. The van der Waals surface area contributed by atoms with E-state index in [1.54, 1.807) is 6.20 Å². The lowest BCUT2D eigenvalue weighted by Gasteiger charge is -2.31. The van der Waals surface area contributed by atoms with Crippen LogP contribution in [0.3, 0.4) is 0 Å². The van der Waals surface area contributed by atoms with Gasteiger partial charge in [0.2, 0.25) is 0 Å². The zero-order valence-corrected chi connectivity index (χ0v) is 10.5. The largest absolute Gasteiger partial charge is 0.398 e. The van der Waals surface area contributed by atoms with E-state index in [0.29, 0.717) is 6.04 Å². The summed E-state index contributed by atoms with van der Waals surface area (Å²) in [5, 5.41) is 3.58. The molecule has 2 rings (SSSR count). The molecule has 4 nitrogen and oxygen atoms in total. The molecule has 0 aromatic carbocycles. The maximum atomic E-state index is 5.89. The van der Waals surface area contributed by atoms with Crippen molar-refractivity contribution >= 4 is 5.69 Å². The quantitative estimate of drug-likeness (QED) is 0.823. The Morgan fingerprint density at radius 1 is 1.47 bits per heavy atom. The van der Waals surface area contributed by atoms with Crippen LogP contribution in [-0.2, 0) is 6.54 Å². The first-order chi connectivity index (χ1) is 8.29. The van der Waals surface area contributed by atoms with Crippen molar-refractivity contribution in [3.8, 4) is 0 Å². The molecule has 4 heteroatoms. The molecule has 94 valence electrons. The van der Waals surface area contributed by atoms with Gasteiger partial charge < -0.3 is 16.0 Å². The molecule has 17 heavy (non-hydrogen) atoms. The van der Waals surface area contributed by atoms with Crippen molar-refractivity contribution in [2.45, 2.75) is 32.4 Å². The van der Waals surface area contributed by atoms with Crippen LogP contribution in [0.4, 0.5) is 5.69 Å². The van der Waals surface area contributed by atoms with Crippen LogP contribution in [0.1, 0.15) is 25.3 Å². The van der Waals surface area contributed by atoms with Gasteiger partial charge in [-0.15, -0.1) is 0 Å². The summed E-state index contributed by atoms with van der Waals surface area (Å²) in [5.41, 5.74) is 7.83. The standard InChI is InChI=1S/C13H22N4/c1-2-17-7-4-12(5-8-17)16-10-11-9-15-6-3-13(11)14/h3,6,9,12,16H,2,4-5,7-8,10H2,1H3,(H2,14,15). The number of rotatable bonds is 4. The summed E-state index contributed by atoms with van der Waals surface area (Å²) in [6.45, 7) is 6.64. The summed E-state index contributed by atoms with van der Waals surface area (Å²) in [5.74, 6) is 0. The van der Waals surface area contributed by atoms with Gasteiger partial charge in [-0.05, 0) is 38.5 Å². The lowest BCUT2D eigenvalue weighted by molar-refractivity contribution is 0.206. The van der Waals surface area contributed by atoms with Crippen LogP contribution in [0.5, 0.6) is 0 Å². The molecule has 1 aliphatic rings. The molecule has 1 aromatic heterocycles. The zero-order valence-electron chi connectivity index (χ0n) is 10.5. The first-order valence-corrected chi connectivity index (χ1v) is 6.43. The molecule has 0 aliphatic carbocycles. The first-order valence-electron chi connectivity index (χ1n) is 6.43. The van der Waals surface area contributed by atoms with Crippen LogP contribution in [0.15, 0.2) is 18.5 Å². The number of nitrogens with two attached hydrogens (primary N) is 1. The Labute approximate surface area is 103 Å². The second-order valence-electron chi connectivity index (χ2n) is 4.66. The SMILES string of the molecule is CCN1CCC(NCc2cnccc2N)CC1. The number of hydrogen-bond acceptors (Lipinski definition) is 4. The van der Waals surface area contributed by atoms with Gasteiger partial charge in [-0.1, -0.05) is 6.92 Å². The molecule has 1 saturated heterocycles. The molecule has 0 spiro atoms. The van der Waals surface area contributed by atoms with Crippen molar-refractivity contribution in [1.82, 2.24) is 15.2 Å².